The smallest absolute Gasteiger partial charge is 0.0648 e. The topological polar surface area (TPSA) is 12.0 Å². The highest BCUT2D eigenvalue weighted by Crippen LogP contribution is 2.25. The van der Waals surface area contributed by atoms with E-state index in [9.17, 15) is 0 Å². The van der Waals surface area contributed by atoms with Gasteiger partial charge in [-0.2, -0.15) is 0 Å². The van der Waals surface area contributed by atoms with Crippen LogP contribution in [0.25, 0.3) is 0 Å². The molecule has 0 aromatic heterocycles. The zero-order valence-corrected chi connectivity index (χ0v) is 8.54. The maximum Gasteiger partial charge on any atom is 0.0648 e. The molecule has 0 radical (unpaired) electrons. The maximum atomic E-state index is 5.92. The lowest BCUT2D eigenvalue weighted by Crippen LogP contribution is -1.96. The van der Waals surface area contributed by atoms with Gasteiger partial charge in [-0.05, 0) is 25.1 Å². The highest BCUT2D eigenvalue weighted by molar-refractivity contribution is 9.10. The first kappa shape index (κ1) is 8.88. The number of rotatable bonds is 2. The summed E-state index contributed by atoms with van der Waals surface area (Å²) in [7, 11) is 0. The van der Waals surface area contributed by atoms with Gasteiger partial charge in [0.15, 0.2) is 0 Å². The van der Waals surface area contributed by atoms with Crippen molar-refractivity contribution in [1.29, 1.82) is 0 Å². The molecule has 0 atom stereocenters. The average molecular weight is 235 g/mol. The molecule has 0 aliphatic heterocycles. The molecule has 0 saturated heterocycles. The number of hydrogen-bond acceptors (Lipinski definition) is 1. The van der Waals surface area contributed by atoms with E-state index in [4.69, 9.17) is 11.6 Å². The van der Waals surface area contributed by atoms with E-state index >= 15 is 0 Å². The van der Waals surface area contributed by atoms with Gasteiger partial charge in [0.2, 0.25) is 0 Å². The van der Waals surface area contributed by atoms with Crippen molar-refractivity contribution in [3.05, 3.63) is 27.7 Å². The Labute approximate surface area is 79.9 Å². The van der Waals surface area contributed by atoms with Gasteiger partial charge >= 0.3 is 0 Å². The largest absolute Gasteiger partial charge is 0.384 e. The summed E-state index contributed by atoms with van der Waals surface area (Å²) < 4.78 is 1.00. The van der Waals surface area contributed by atoms with Gasteiger partial charge in [0.25, 0.3) is 0 Å². The molecular weight excluding hydrogens is 225 g/mol. The van der Waals surface area contributed by atoms with Gasteiger partial charge in [0.05, 0.1) is 10.7 Å². The molecule has 0 saturated carbocycles. The Bertz CT molecular complexity index is 250. The van der Waals surface area contributed by atoms with Crippen molar-refractivity contribution >= 4 is 33.2 Å². The van der Waals surface area contributed by atoms with E-state index in [0.717, 1.165) is 21.7 Å². The van der Waals surface area contributed by atoms with Crippen LogP contribution in [0.4, 0.5) is 5.69 Å². The van der Waals surface area contributed by atoms with Crippen LogP contribution in [0, 0.1) is 0 Å². The fourth-order valence-corrected chi connectivity index (χ4v) is 1.56. The summed E-state index contributed by atoms with van der Waals surface area (Å²) in [5, 5.41) is 3.90. The molecule has 0 unspecified atom stereocenters. The van der Waals surface area contributed by atoms with Crippen molar-refractivity contribution in [2.24, 2.45) is 0 Å². The van der Waals surface area contributed by atoms with Crippen LogP contribution in [0.15, 0.2) is 22.7 Å². The Morgan fingerprint density at radius 3 is 2.82 bits per heavy atom. The normalized spacial score (nSPS) is 9.73. The Kier molecular flexibility index (Phi) is 3.21. The van der Waals surface area contributed by atoms with Crippen LogP contribution in [0.5, 0.6) is 0 Å². The van der Waals surface area contributed by atoms with Gasteiger partial charge in [-0.25, -0.2) is 0 Å². The van der Waals surface area contributed by atoms with E-state index in [1.165, 1.54) is 0 Å². The molecule has 1 rings (SSSR count). The van der Waals surface area contributed by atoms with E-state index in [0.29, 0.717) is 0 Å². The van der Waals surface area contributed by atoms with Crippen molar-refractivity contribution in [2.75, 3.05) is 11.9 Å². The lowest BCUT2D eigenvalue weighted by molar-refractivity contribution is 1.21. The molecule has 0 heterocycles. The van der Waals surface area contributed by atoms with Crippen LogP contribution < -0.4 is 5.32 Å². The van der Waals surface area contributed by atoms with E-state index < -0.39 is 0 Å². The van der Waals surface area contributed by atoms with Crippen LogP contribution in [-0.2, 0) is 0 Å². The van der Waals surface area contributed by atoms with Gasteiger partial charge in [0.1, 0.15) is 0 Å². The minimum atomic E-state index is 0.751. The Balaban J connectivity index is 2.90. The molecule has 1 aromatic carbocycles. The fraction of sp³-hybridized carbons (Fsp3) is 0.250. The lowest BCUT2D eigenvalue weighted by Gasteiger charge is -2.04. The van der Waals surface area contributed by atoms with E-state index in [-0.39, 0.29) is 0 Å². The molecule has 0 amide bonds. The molecule has 1 N–H and O–H groups in total. The first-order chi connectivity index (χ1) is 5.24. The van der Waals surface area contributed by atoms with Crippen LogP contribution >= 0.6 is 27.5 Å². The van der Waals surface area contributed by atoms with Crippen molar-refractivity contribution in [1.82, 2.24) is 0 Å². The summed E-state index contributed by atoms with van der Waals surface area (Å²) in [5.74, 6) is 0. The third-order valence-electron chi connectivity index (χ3n) is 1.30. The molecule has 0 aliphatic rings. The van der Waals surface area contributed by atoms with Crippen molar-refractivity contribution < 1.29 is 0 Å². The number of anilines is 1. The second kappa shape index (κ2) is 3.98. The third kappa shape index (κ3) is 2.38. The van der Waals surface area contributed by atoms with Crippen molar-refractivity contribution in [3.63, 3.8) is 0 Å². The first-order valence-corrected chi connectivity index (χ1v) is 4.60. The second-order valence-electron chi connectivity index (χ2n) is 2.15. The van der Waals surface area contributed by atoms with Crippen LogP contribution in [-0.4, -0.2) is 6.54 Å². The molecule has 3 heteroatoms. The summed E-state index contributed by atoms with van der Waals surface area (Å²) >= 11 is 9.25. The molecule has 60 valence electrons. The van der Waals surface area contributed by atoms with Crippen LogP contribution in [0.1, 0.15) is 6.92 Å². The van der Waals surface area contributed by atoms with Crippen LogP contribution in [0.3, 0.4) is 0 Å². The monoisotopic (exact) mass is 233 g/mol. The number of hydrogen-bond donors (Lipinski definition) is 1. The van der Waals surface area contributed by atoms with Crippen molar-refractivity contribution in [3.8, 4) is 0 Å². The lowest BCUT2D eigenvalue weighted by atomic mass is 10.3. The predicted molar refractivity (Wildman–Crippen MR) is 53.3 cm³/mol. The summed E-state index contributed by atoms with van der Waals surface area (Å²) in [6.07, 6.45) is 0. The SMILES string of the molecule is CCNc1ccc(Br)cc1Cl. The summed E-state index contributed by atoms with van der Waals surface area (Å²) in [6, 6.07) is 5.79. The minimum absolute atomic E-state index is 0.751. The highest BCUT2D eigenvalue weighted by atomic mass is 79.9. The summed E-state index contributed by atoms with van der Waals surface area (Å²) in [4.78, 5) is 0. The average Bonchev–Trinajstić information content (AvgIpc) is 1.95. The quantitative estimate of drug-likeness (QED) is 0.825. The molecule has 1 nitrogen and oxygen atoms in total. The van der Waals surface area contributed by atoms with E-state index in [1.54, 1.807) is 0 Å². The molecule has 11 heavy (non-hydrogen) atoms. The highest BCUT2D eigenvalue weighted by Gasteiger charge is 1.97. The fourth-order valence-electron chi connectivity index (χ4n) is 0.823. The number of nitrogens with one attached hydrogen (secondary N) is 1. The zero-order chi connectivity index (χ0) is 8.27. The number of halogens is 2. The third-order valence-corrected chi connectivity index (χ3v) is 2.10. The molecule has 0 fully saturated rings. The van der Waals surface area contributed by atoms with Crippen LogP contribution in [0.2, 0.25) is 5.02 Å². The Hall–Kier alpha value is -0.210. The molecule has 0 bridgehead atoms. The van der Waals surface area contributed by atoms with Gasteiger partial charge in [-0.15, -0.1) is 0 Å². The molecule has 1 aromatic rings. The van der Waals surface area contributed by atoms with E-state index in [2.05, 4.69) is 21.2 Å². The van der Waals surface area contributed by atoms with Gasteiger partial charge < -0.3 is 5.32 Å². The van der Waals surface area contributed by atoms with Gasteiger partial charge in [-0.3, -0.25) is 0 Å². The van der Waals surface area contributed by atoms with Crippen molar-refractivity contribution in [2.45, 2.75) is 6.92 Å². The van der Waals surface area contributed by atoms with E-state index in [1.807, 2.05) is 25.1 Å². The zero-order valence-electron chi connectivity index (χ0n) is 6.20. The predicted octanol–water partition coefficient (Wildman–Crippen LogP) is 3.53. The summed E-state index contributed by atoms with van der Waals surface area (Å²) in [6.45, 7) is 2.93. The second-order valence-corrected chi connectivity index (χ2v) is 3.48. The van der Waals surface area contributed by atoms with Gasteiger partial charge in [-0.1, -0.05) is 27.5 Å². The first-order valence-electron chi connectivity index (χ1n) is 3.43. The molecule has 0 aliphatic carbocycles. The minimum Gasteiger partial charge on any atom is -0.384 e. The van der Waals surface area contributed by atoms with Gasteiger partial charge in [0, 0.05) is 11.0 Å². The molecule has 0 spiro atoms. The number of benzene rings is 1. The molecular formula is C8H9BrClN. The Morgan fingerprint density at radius 2 is 2.27 bits per heavy atom. The summed E-state index contributed by atoms with van der Waals surface area (Å²) in [5.41, 5.74) is 0.984. The Morgan fingerprint density at radius 1 is 1.55 bits per heavy atom. The maximum absolute atomic E-state index is 5.92. The standard InChI is InChI=1S/C8H9BrClN/c1-2-11-8-4-3-6(9)5-7(8)10/h3-5,11H,2H2,1H3.